The third-order valence-electron chi connectivity index (χ3n) is 4.72. The largest absolute Gasteiger partial charge is 0.493 e. The van der Waals surface area contributed by atoms with Crippen molar-refractivity contribution in [1.82, 2.24) is 4.90 Å². The second-order valence-corrected chi connectivity index (χ2v) is 6.40. The van der Waals surface area contributed by atoms with Gasteiger partial charge in [-0.1, -0.05) is 6.92 Å². The van der Waals surface area contributed by atoms with Gasteiger partial charge in [0.2, 0.25) is 11.7 Å². The molecule has 0 bridgehead atoms. The molecular weight excluding hydrogens is 310 g/mol. The number of ether oxygens (including phenoxy) is 3. The summed E-state index contributed by atoms with van der Waals surface area (Å²) in [5.74, 6) is 1.86. The maximum absolute atomic E-state index is 12.7. The quantitative estimate of drug-likeness (QED) is 0.788. The molecule has 1 saturated heterocycles. The Labute approximate surface area is 143 Å². The first-order chi connectivity index (χ1) is 11.5. The van der Waals surface area contributed by atoms with E-state index in [1.165, 1.54) is 0 Å². The van der Waals surface area contributed by atoms with E-state index < -0.39 is 0 Å². The molecule has 1 atom stereocenters. The van der Waals surface area contributed by atoms with Crippen molar-refractivity contribution in [2.45, 2.75) is 32.7 Å². The molecule has 1 aromatic carbocycles. The van der Waals surface area contributed by atoms with E-state index in [4.69, 9.17) is 19.3 Å². The Kier molecular flexibility index (Phi) is 5.94. The summed E-state index contributed by atoms with van der Waals surface area (Å²) in [5.41, 5.74) is 0.563. The van der Waals surface area contributed by atoms with Crippen LogP contribution in [0.15, 0.2) is 12.1 Å². The third kappa shape index (κ3) is 3.59. The van der Waals surface area contributed by atoms with Crippen molar-refractivity contribution in [2.24, 2.45) is 5.41 Å². The van der Waals surface area contributed by atoms with Crippen LogP contribution in [0.3, 0.4) is 0 Å². The number of aliphatic hydroxyl groups excluding tert-OH is 1. The molecule has 134 valence electrons. The summed E-state index contributed by atoms with van der Waals surface area (Å²) in [5, 5.41) is 9.03. The van der Waals surface area contributed by atoms with E-state index >= 15 is 0 Å². The summed E-state index contributed by atoms with van der Waals surface area (Å²) in [6.07, 6.45) is 2.19. The van der Waals surface area contributed by atoms with Gasteiger partial charge >= 0.3 is 0 Å². The summed E-state index contributed by atoms with van der Waals surface area (Å²) >= 11 is 0. The Balaban J connectivity index is 2.18. The number of carbonyl (C=O) groups excluding carboxylic acids is 1. The number of methoxy groups -OCH3 is 3. The van der Waals surface area contributed by atoms with E-state index in [9.17, 15) is 4.79 Å². The average molecular weight is 337 g/mol. The first kappa shape index (κ1) is 18.4. The normalized spacial score (nSPS) is 20.4. The van der Waals surface area contributed by atoms with Crippen LogP contribution in [0, 0.1) is 5.41 Å². The van der Waals surface area contributed by atoms with Gasteiger partial charge in [0, 0.05) is 25.1 Å². The number of carbonyl (C=O) groups is 1. The molecule has 2 rings (SSSR count). The molecule has 0 radical (unpaired) electrons. The Hall–Kier alpha value is -1.95. The molecule has 1 aliphatic rings. The van der Waals surface area contributed by atoms with Gasteiger partial charge in [0.25, 0.3) is 0 Å². The van der Waals surface area contributed by atoms with E-state index in [-0.39, 0.29) is 17.9 Å². The highest BCUT2D eigenvalue weighted by atomic mass is 16.5. The maximum Gasteiger partial charge on any atom is 0.228 e. The summed E-state index contributed by atoms with van der Waals surface area (Å²) in [6, 6.07) is 3.75. The minimum atomic E-state index is -0.372. The summed E-state index contributed by atoms with van der Waals surface area (Å²) < 4.78 is 16.1. The van der Waals surface area contributed by atoms with Crippen LogP contribution in [-0.2, 0) is 11.3 Å². The lowest BCUT2D eigenvalue weighted by Gasteiger charge is -2.23. The standard InChI is InChI=1S/C18H27NO5/c1-18(6-5-9-20)7-8-19(17(18)21)12-13-10-14(22-2)16(24-4)15(11-13)23-3/h10-11,20H,5-9,12H2,1-4H3. The van der Waals surface area contributed by atoms with Gasteiger partial charge < -0.3 is 24.2 Å². The van der Waals surface area contributed by atoms with Crippen LogP contribution in [0.2, 0.25) is 0 Å². The van der Waals surface area contributed by atoms with E-state index in [1.54, 1.807) is 21.3 Å². The van der Waals surface area contributed by atoms with Gasteiger partial charge in [0.15, 0.2) is 11.5 Å². The third-order valence-corrected chi connectivity index (χ3v) is 4.72. The fraction of sp³-hybridized carbons (Fsp3) is 0.611. The monoisotopic (exact) mass is 337 g/mol. The fourth-order valence-electron chi connectivity index (χ4n) is 3.27. The molecule has 0 saturated carbocycles. The number of hydrogen-bond donors (Lipinski definition) is 1. The zero-order valence-corrected chi connectivity index (χ0v) is 14.9. The lowest BCUT2D eigenvalue weighted by Crippen LogP contribution is -2.32. The lowest BCUT2D eigenvalue weighted by molar-refractivity contribution is -0.136. The van der Waals surface area contributed by atoms with Crippen LogP contribution >= 0.6 is 0 Å². The molecule has 0 aliphatic carbocycles. The molecule has 1 fully saturated rings. The van der Waals surface area contributed by atoms with E-state index in [1.807, 2.05) is 24.0 Å². The van der Waals surface area contributed by atoms with Crippen molar-refractivity contribution in [2.75, 3.05) is 34.5 Å². The molecule has 24 heavy (non-hydrogen) atoms. The number of aliphatic hydroxyl groups is 1. The van der Waals surface area contributed by atoms with Crippen molar-refractivity contribution >= 4 is 5.91 Å². The zero-order valence-electron chi connectivity index (χ0n) is 14.9. The minimum absolute atomic E-state index is 0.121. The van der Waals surface area contributed by atoms with Gasteiger partial charge in [-0.2, -0.15) is 0 Å². The first-order valence-corrected chi connectivity index (χ1v) is 8.18. The van der Waals surface area contributed by atoms with Crippen molar-refractivity contribution < 1.29 is 24.1 Å². The van der Waals surface area contributed by atoms with Crippen LogP contribution in [0.5, 0.6) is 17.2 Å². The van der Waals surface area contributed by atoms with Gasteiger partial charge in [0.1, 0.15) is 0 Å². The fourth-order valence-corrected chi connectivity index (χ4v) is 3.27. The molecule has 0 spiro atoms. The first-order valence-electron chi connectivity index (χ1n) is 8.18. The molecular formula is C18H27NO5. The van der Waals surface area contributed by atoms with Crippen molar-refractivity contribution in [3.05, 3.63) is 17.7 Å². The smallest absolute Gasteiger partial charge is 0.228 e. The molecule has 1 unspecified atom stereocenters. The lowest BCUT2D eigenvalue weighted by atomic mass is 9.84. The van der Waals surface area contributed by atoms with Crippen LogP contribution in [0.25, 0.3) is 0 Å². The Morgan fingerprint density at radius 1 is 1.17 bits per heavy atom. The number of hydrogen-bond acceptors (Lipinski definition) is 5. The topological polar surface area (TPSA) is 68.2 Å². The van der Waals surface area contributed by atoms with Crippen LogP contribution in [-0.4, -0.2) is 50.4 Å². The molecule has 1 amide bonds. The zero-order chi connectivity index (χ0) is 17.7. The number of rotatable bonds is 8. The summed E-state index contributed by atoms with van der Waals surface area (Å²) in [4.78, 5) is 14.6. The predicted octanol–water partition coefficient (Wildman–Crippen LogP) is 2.22. The molecule has 1 heterocycles. The molecule has 6 heteroatoms. The van der Waals surface area contributed by atoms with Gasteiger partial charge in [-0.3, -0.25) is 4.79 Å². The number of benzene rings is 1. The second-order valence-electron chi connectivity index (χ2n) is 6.40. The summed E-state index contributed by atoms with van der Waals surface area (Å²) in [6.45, 7) is 3.33. The van der Waals surface area contributed by atoms with Crippen LogP contribution in [0.1, 0.15) is 31.7 Å². The number of nitrogens with zero attached hydrogens (tertiary/aromatic N) is 1. The highest BCUT2D eigenvalue weighted by Gasteiger charge is 2.41. The minimum Gasteiger partial charge on any atom is -0.493 e. The van der Waals surface area contributed by atoms with Gasteiger partial charge in [-0.05, 0) is 37.0 Å². The second kappa shape index (κ2) is 7.75. The number of amides is 1. The Bertz CT molecular complexity index is 564. The van der Waals surface area contributed by atoms with E-state index in [0.29, 0.717) is 36.6 Å². The maximum atomic E-state index is 12.7. The van der Waals surface area contributed by atoms with E-state index in [0.717, 1.165) is 18.5 Å². The van der Waals surface area contributed by atoms with Crippen molar-refractivity contribution in [3.8, 4) is 17.2 Å². The molecule has 1 aromatic rings. The molecule has 0 aromatic heterocycles. The highest BCUT2D eigenvalue weighted by molar-refractivity contribution is 5.84. The average Bonchev–Trinajstić information content (AvgIpc) is 2.87. The van der Waals surface area contributed by atoms with Crippen LogP contribution in [0.4, 0.5) is 0 Å². The predicted molar refractivity (Wildman–Crippen MR) is 90.6 cm³/mol. The molecule has 1 N–H and O–H groups in total. The SMILES string of the molecule is COc1cc(CN2CCC(C)(CCCO)C2=O)cc(OC)c1OC. The van der Waals surface area contributed by atoms with Gasteiger partial charge in [0.05, 0.1) is 21.3 Å². The van der Waals surface area contributed by atoms with Gasteiger partial charge in [-0.25, -0.2) is 0 Å². The Morgan fingerprint density at radius 2 is 1.79 bits per heavy atom. The van der Waals surface area contributed by atoms with Crippen molar-refractivity contribution in [3.63, 3.8) is 0 Å². The van der Waals surface area contributed by atoms with Crippen molar-refractivity contribution in [1.29, 1.82) is 0 Å². The Morgan fingerprint density at radius 3 is 2.29 bits per heavy atom. The van der Waals surface area contributed by atoms with Gasteiger partial charge in [-0.15, -0.1) is 0 Å². The number of likely N-dealkylation sites (tertiary alicyclic amines) is 1. The molecule has 1 aliphatic heterocycles. The summed E-state index contributed by atoms with van der Waals surface area (Å²) in [7, 11) is 4.72. The van der Waals surface area contributed by atoms with E-state index in [2.05, 4.69) is 0 Å². The molecule has 6 nitrogen and oxygen atoms in total. The highest BCUT2D eigenvalue weighted by Crippen LogP contribution is 2.40. The van der Waals surface area contributed by atoms with Crippen LogP contribution < -0.4 is 14.2 Å².